The van der Waals surface area contributed by atoms with Gasteiger partial charge in [0.25, 0.3) is 0 Å². The van der Waals surface area contributed by atoms with Crippen LogP contribution in [-0.2, 0) is 17.6 Å². The summed E-state index contributed by atoms with van der Waals surface area (Å²) in [6, 6.07) is 8.36. The molecule has 0 saturated carbocycles. The van der Waals surface area contributed by atoms with Crippen LogP contribution in [0.3, 0.4) is 0 Å². The number of aryl methyl sites for hydroxylation is 1. The van der Waals surface area contributed by atoms with Crippen molar-refractivity contribution in [1.82, 2.24) is 10.3 Å². The summed E-state index contributed by atoms with van der Waals surface area (Å²) in [6.45, 7) is 6.26. The fourth-order valence-electron chi connectivity index (χ4n) is 2.08. The fourth-order valence-corrected chi connectivity index (χ4v) is 2.91. The molecule has 0 fully saturated rings. The summed E-state index contributed by atoms with van der Waals surface area (Å²) >= 11 is 1.55. The zero-order valence-corrected chi connectivity index (χ0v) is 14.7. The first-order valence-electron chi connectivity index (χ1n) is 7.98. The minimum absolute atomic E-state index is 0.108. The number of hydrogen-bond acceptors (Lipinski definition) is 4. The molecule has 1 atom stereocenters. The summed E-state index contributed by atoms with van der Waals surface area (Å²) in [5.74, 6) is 0.0233. The van der Waals surface area contributed by atoms with Crippen LogP contribution in [0.4, 0.5) is 0 Å². The van der Waals surface area contributed by atoms with Crippen molar-refractivity contribution in [2.24, 2.45) is 5.92 Å². The zero-order chi connectivity index (χ0) is 16.8. The molecule has 0 spiro atoms. The number of hydrogen-bond donors (Lipinski definition) is 2. The molecule has 0 saturated heterocycles. The van der Waals surface area contributed by atoms with Crippen LogP contribution >= 0.6 is 11.3 Å². The summed E-state index contributed by atoms with van der Waals surface area (Å²) < 4.78 is 0. The highest BCUT2D eigenvalue weighted by molar-refractivity contribution is 7.13. The molecular weight excluding hydrogens is 308 g/mol. The first kappa shape index (κ1) is 17.6. The lowest BCUT2D eigenvalue weighted by Crippen LogP contribution is -2.35. The first-order valence-corrected chi connectivity index (χ1v) is 8.86. The third kappa shape index (κ3) is 5.15. The molecule has 4 nitrogen and oxygen atoms in total. The second kappa shape index (κ2) is 8.22. The Balaban J connectivity index is 1.92. The molecule has 23 heavy (non-hydrogen) atoms. The number of amides is 1. The Morgan fingerprint density at radius 3 is 2.61 bits per heavy atom. The molecule has 1 aromatic carbocycles. The Morgan fingerprint density at radius 1 is 1.30 bits per heavy atom. The quantitative estimate of drug-likeness (QED) is 0.819. The fraction of sp³-hybridized carbons (Fsp3) is 0.444. The second-order valence-corrected chi connectivity index (χ2v) is 6.84. The Morgan fingerprint density at radius 2 is 2.00 bits per heavy atom. The van der Waals surface area contributed by atoms with Crippen molar-refractivity contribution < 1.29 is 9.90 Å². The predicted molar refractivity (Wildman–Crippen MR) is 94.5 cm³/mol. The molecule has 1 amide bonds. The van der Waals surface area contributed by atoms with Crippen molar-refractivity contribution in [3.8, 4) is 10.6 Å². The van der Waals surface area contributed by atoms with Crippen molar-refractivity contribution in [2.45, 2.75) is 39.7 Å². The van der Waals surface area contributed by atoms with Crippen molar-refractivity contribution in [2.75, 3.05) is 6.54 Å². The maximum Gasteiger partial charge on any atom is 0.226 e. The standard InChI is InChI=1S/C18H24N2O2S/c1-4-13-5-7-14(8-6-13)18-20-15(11-23-18)9-17(22)19-10-16(21)12(2)3/h5-8,11-12,16,21H,4,9-10H2,1-3H3,(H,19,22). The maximum absolute atomic E-state index is 11.9. The largest absolute Gasteiger partial charge is 0.391 e. The lowest BCUT2D eigenvalue weighted by molar-refractivity contribution is -0.121. The topological polar surface area (TPSA) is 62.2 Å². The number of benzene rings is 1. The normalized spacial score (nSPS) is 12.4. The zero-order valence-electron chi connectivity index (χ0n) is 13.9. The van der Waals surface area contributed by atoms with Crippen molar-refractivity contribution in [1.29, 1.82) is 0 Å². The molecule has 1 heterocycles. The van der Waals surface area contributed by atoms with Crippen LogP contribution in [-0.4, -0.2) is 28.6 Å². The summed E-state index contributed by atoms with van der Waals surface area (Å²) in [4.78, 5) is 16.4. The minimum atomic E-state index is -0.512. The highest BCUT2D eigenvalue weighted by Crippen LogP contribution is 2.24. The molecular formula is C18H24N2O2S. The van der Waals surface area contributed by atoms with E-state index in [1.807, 2.05) is 19.2 Å². The van der Waals surface area contributed by atoms with Crippen LogP contribution in [0.1, 0.15) is 32.0 Å². The van der Waals surface area contributed by atoms with Gasteiger partial charge in [0.15, 0.2) is 0 Å². The molecule has 2 rings (SSSR count). The highest BCUT2D eigenvalue weighted by Gasteiger charge is 2.12. The van der Waals surface area contributed by atoms with Gasteiger partial charge in [0, 0.05) is 17.5 Å². The van der Waals surface area contributed by atoms with Gasteiger partial charge in [0.05, 0.1) is 18.2 Å². The number of rotatable bonds is 7. The maximum atomic E-state index is 11.9. The Labute approximate surface area is 141 Å². The number of thiazole rings is 1. The number of aliphatic hydroxyl groups is 1. The molecule has 2 aromatic rings. The SMILES string of the molecule is CCc1ccc(-c2nc(CC(=O)NCC(O)C(C)C)cs2)cc1. The Kier molecular flexibility index (Phi) is 6.30. The monoisotopic (exact) mass is 332 g/mol. The van der Waals surface area contributed by atoms with Gasteiger partial charge in [-0.3, -0.25) is 4.79 Å². The lowest BCUT2D eigenvalue weighted by Gasteiger charge is -2.14. The van der Waals surface area contributed by atoms with Crippen molar-refractivity contribution in [3.63, 3.8) is 0 Å². The molecule has 0 aliphatic carbocycles. The molecule has 0 aliphatic rings. The van der Waals surface area contributed by atoms with E-state index in [1.165, 1.54) is 5.56 Å². The number of nitrogens with zero attached hydrogens (tertiary/aromatic N) is 1. The number of aliphatic hydroxyl groups excluding tert-OH is 1. The number of carbonyl (C=O) groups is 1. The average molecular weight is 332 g/mol. The molecule has 0 aliphatic heterocycles. The first-order chi connectivity index (χ1) is 11.0. The molecule has 1 aromatic heterocycles. The third-order valence-corrected chi connectivity index (χ3v) is 4.72. The lowest BCUT2D eigenvalue weighted by atomic mass is 10.1. The van der Waals surface area contributed by atoms with Crippen LogP contribution < -0.4 is 5.32 Å². The molecule has 1 unspecified atom stereocenters. The van der Waals surface area contributed by atoms with E-state index in [1.54, 1.807) is 11.3 Å². The van der Waals surface area contributed by atoms with Gasteiger partial charge in [-0.2, -0.15) is 0 Å². The molecule has 2 N–H and O–H groups in total. The summed E-state index contributed by atoms with van der Waals surface area (Å²) in [5.41, 5.74) is 3.14. The van der Waals surface area contributed by atoms with Gasteiger partial charge in [-0.15, -0.1) is 11.3 Å². The van der Waals surface area contributed by atoms with Gasteiger partial charge >= 0.3 is 0 Å². The third-order valence-electron chi connectivity index (χ3n) is 3.78. The van der Waals surface area contributed by atoms with E-state index in [0.29, 0.717) is 0 Å². The number of carbonyl (C=O) groups excluding carboxylic acids is 1. The summed E-state index contributed by atoms with van der Waals surface area (Å²) in [7, 11) is 0. The summed E-state index contributed by atoms with van der Waals surface area (Å²) in [5, 5.41) is 15.3. The highest BCUT2D eigenvalue weighted by atomic mass is 32.1. The van der Waals surface area contributed by atoms with Crippen LogP contribution in [0.15, 0.2) is 29.6 Å². The van der Waals surface area contributed by atoms with E-state index < -0.39 is 6.10 Å². The molecule has 0 bridgehead atoms. The molecule has 124 valence electrons. The smallest absolute Gasteiger partial charge is 0.226 e. The van der Waals surface area contributed by atoms with E-state index in [2.05, 4.69) is 41.5 Å². The van der Waals surface area contributed by atoms with Crippen molar-refractivity contribution in [3.05, 3.63) is 40.9 Å². The van der Waals surface area contributed by atoms with Crippen LogP contribution in [0.25, 0.3) is 10.6 Å². The Hall–Kier alpha value is -1.72. The predicted octanol–water partition coefficient (Wildman–Crippen LogP) is 3.05. The van der Waals surface area contributed by atoms with Crippen LogP contribution in [0, 0.1) is 5.92 Å². The van der Waals surface area contributed by atoms with E-state index in [0.717, 1.165) is 22.7 Å². The molecule has 0 radical (unpaired) electrons. The van der Waals surface area contributed by atoms with E-state index in [9.17, 15) is 9.90 Å². The van der Waals surface area contributed by atoms with Gasteiger partial charge < -0.3 is 10.4 Å². The van der Waals surface area contributed by atoms with Gasteiger partial charge in [0.1, 0.15) is 5.01 Å². The van der Waals surface area contributed by atoms with E-state index in [-0.39, 0.29) is 24.8 Å². The van der Waals surface area contributed by atoms with E-state index >= 15 is 0 Å². The second-order valence-electron chi connectivity index (χ2n) is 5.99. The van der Waals surface area contributed by atoms with Gasteiger partial charge in [-0.1, -0.05) is 45.0 Å². The van der Waals surface area contributed by atoms with Gasteiger partial charge in [0.2, 0.25) is 5.91 Å². The van der Waals surface area contributed by atoms with E-state index in [4.69, 9.17) is 0 Å². The Bertz CT molecular complexity index is 635. The van der Waals surface area contributed by atoms with Gasteiger partial charge in [-0.25, -0.2) is 4.98 Å². The van der Waals surface area contributed by atoms with Crippen LogP contribution in [0.2, 0.25) is 0 Å². The van der Waals surface area contributed by atoms with Crippen molar-refractivity contribution >= 4 is 17.2 Å². The summed E-state index contributed by atoms with van der Waals surface area (Å²) in [6.07, 6.45) is 0.752. The van der Waals surface area contributed by atoms with Gasteiger partial charge in [-0.05, 0) is 17.9 Å². The molecule has 5 heteroatoms. The number of nitrogens with one attached hydrogen (secondary N) is 1. The average Bonchev–Trinajstić information content (AvgIpc) is 3.01. The number of aromatic nitrogens is 1. The minimum Gasteiger partial charge on any atom is -0.391 e. The van der Waals surface area contributed by atoms with Crippen LogP contribution in [0.5, 0.6) is 0 Å².